The smallest absolute Gasteiger partial charge is 0.321 e. The summed E-state index contributed by atoms with van der Waals surface area (Å²) in [6, 6.07) is 6.55. The normalized spacial score (nSPS) is 12.9. The van der Waals surface area contributed by atoms with Crippen LogP contribution < -0.4 is 0 Å². The van der Waals surface area contributed by atoms with Crippen LogP contribution >= 0.6 is 0 Å². The first-order valence-corrected chi connectivity index (χ1v) is 6.12. The third-order valence-electron chi connectivity index (χ3n) is 3.05. The Hall–Kier alpha value is -1.55. The standard InChI is InChI=1S/C14H21NO3/c1-10(2)13(14(17)18)15(3)9-8-11-4-6-12(16)7-5-11/h4-7,10,13,16H,8-9H2,1-3H3,(H,17,18). The number of likely N-dealkylation sites (N-methyl/N-ethyl adjacent to an activating group) is 1. The predicted octanol–water partition coefficient (Wildman–Crippen LogP) is 1.98. The van der Waals surface area contributed by atoms with Crippen LogP contribution in [0.2, 0.25) is 0 Å². The number of carboxylic acids is 1. The lowest BCUT2D eigenvalue weighted by atomic mass is 10.0. The van der Waals surface area contributed by atoms with Gasteiger partial charge < -0.3 is 10.2 Å². The van der Waals surface area contributed by atoms with E-state index in [1.54, 1.807) is 12.1 Å². The van der Waals surface area contributed by atoms with Gasteiger partial charge in [-0.05, 0) is 37.1 Å². The Balaban J connectivity index is 2.56. The summed E-state index contributed by atoms with van der Waals surface area (Å²) < 4.78 is 0. The maximum Gasteiger partial charge on any atom is 0.321 e. The van der Waals surface area contributed by atoms with E-state index in [0.717, 1.165) is 12.0 Å². The minimum absolute atomic E-state index is 0.0762. The van der Waals surface area contributed by atoms with Crippen molar-refractivity contribution in [3.05, 3.63) is 29.8 Å². The van der Waals surface area contributed by atoms with Crippen LogP contribution in [0.25, 0.3) is 0 Å². The van der Waals surface area contributed by atoms with E-state index in [2.05, 4.69) is 0 Å². The zero-order valence-corrected chi connectivity index (χ0v) is 11.1. The monoisotopic (exact) mass is 251 g/mol. The van der Waals surface area contributed by atoms with Gasteiger partial charge in [0.1, 0.15) is 11.8 Å². The predicted molar refractivity (Wildman–Crippen MR) is 70.7 cm³/mol. The molecule has 0 radical (unpaired) electrons. The summed E-state index contributed by atoms with van der Waals surface area (Å²) in [5, 5.41) is 18.4. The fourth-order valence-corrected chi connectivity index (χ4v) is 2.09. The third kappa shape index (κ3) is 4.04. The van der Waals surface area contributed by atoms with E-state index in [1.165, 1.54) is 0 Å². The van der Waals surface area contributed by atoms with Gasteiger partial charge in [-0.15, -0.1) is 0 Å². The van der Waals surface area contributed by atoms with Gasteiger partial charge in [0.05, 0.1) is 0 Å². The first-order chi connectivity index (χ1) is 8.41. The van der Waals surface area contributed by atoms with Crippen LogP contribution in [-0.4, -0.2) is 40.7 Å². The first-order valence-electron chi connectivity index (χ1n) is 6.12. The summed E-state index contributed by atoms with van der Waals surface area (Å²) in [4.78, 5) is 13.0. The molecule has 0 saturated carbocycles. The number of aliphatic carboxylic acids is 1. The Morgan fingerprint density at radius 2 is 1.83 bits per heavy atom. The van der Waals surface area contributed by atoms with Crippen molar-refractivity contribution in [2.24, 2.45) is 5.92 Å². The Bertz CT molecular complexity index is 387. The zero-order chi connectivity index (χ0) is 13.7. The summed E-state index contributed by atoms with van der Waals surface area (Å²) >= 11 is 0. The maximum atomic E-state index is 11.2. The highest BCUT2D eigenvalue weighted by molar-refractivity contribution is 5.73. The number of hydrogen-bond acceptors (Lipinski definition) is 3. The quantitative estimate of drug-likeness (QED) is 0.811. The number of hydrogen-bond donors (Lipinski definition) is 2. The lowest BCUT2D eigenvalue weighted by Crippen LogP contribution is -2.43. The van der Waals surface area contributed by atoms with Crippen LogP contribution in [0.4, 0.5) is 0 Å². The average molecular weight is 251 g/mol. The molecule has 0 aromatic heterocycles. The Labute approximate surface area is 108 Å². The Morgan fingerprint density at radius 1 is 1.28 bits per heavy atom. The molecule has 4 heteroatoms. The van der Waals surface area contributed by atoms with Crippen molar-refractivity contribution in [3.63, 3.8) is 0 Å². The summed E-state index contributed by atoms with van der Waals surface area (Å²) in [6.45, 7) is 4.51. The largest absolute Gasteiger partial charge is 0.508 e. The van der Waals surface area contributed by atoms with Crippen molar-refractivity contribution in [3.8, 4) is 5.75 Å². The molecule has 0 amide bonds. The molecular formula is C14H21NO3. The number of aromatic hydroxyl groups is 1. The van der Waals surface area contributed by atoms with Crippen molar-refractivity contribution in [1.29, 1.82) is 0 Å². The van der Waals surface area contributed by atoms with Gasteiger partial charge in [-0.2, -0.15) is 0 Å². The fourth-order valence-electron chi connectivity index (χ4n) is 2.09. The van der Waals surface area contributed by atoms with E-state index in [9.17, 15) is 15.0 Å². The second kappa shape index (κ2) is 6.40. The Kier molecular flexibility index (Phi) is 5.16. The van der Waals surface area contributed by atoms with Crippen LogP contribution in [0.5, 0.6) is 5.75 Å². The van der Waals surface area contributed by atoms with Gasteiger partial charge in [-0.25, -0.2) is 0 Å². The van der Waals surface area contributed by atoms with Gasteiger partial charge in [0.15, 0.2) is 0 Å². The molecule has 1 atom stereocenters. The van der Waals surface area contributed by atoms with E-state index in [1.807, 2.05) is 37.9 Å². The van der Waals surface area contributed by atoms with Crippen LogP contribution in [0.3, 0.4) is 0 Å². The third-order valence-corrected chi connectivity index (χ3v) is 3.05. The van der Waals surface area contributed by atoms with Crippen molar-refractivity contribution in [2.75, 3.05) is 13.6 Å². The van der Waals surface area contributed by atoms with Crippen LogP contribution in [0.1, 0.15) is 19.4 Å². The molecule has 18 heavy (non-hydrogen) atoms. The van der Waals surface area contributed by atoms with E-state index < -0.39 is 12.0 Å². The molecule has 0 spiro atoms. The highest BCUT2D eigenvalue weighted by Gasteiger charge is 2.25. The zero-order valence-electron chi connectivity index (χ0n) is 11.1. The molecule has 1 aromatic carbocycles. The van der Waals surface area contributed by atoms with Gasteiger partial charge in [-0.3, -0.25) is 9.69 Å². The van der Waals surface area contributed by atoms with Gasteiger partial charge in [0.25, 0.3) is 0 Å². The minimum Gasteiger partial charge on any atom is -0.508 e. The van der Waals surface area contributed by atoms with E-state index >= 15 is 0 Å². The molecule has 0 aliphatic rings. The SMILES string of the molecule is CC(C)C(C(=O)O)N(C)CCc1ccc(O)cc1. The second-order valence-corrected chi connectivity index (χ2v) is 4.92. The number of carbonyl (C=O) groups is 1. The molecule has 2 N–H and O–H groups in total. The lowest BCUT2D eigenvalue weighted by molar-refractivity contribution is -0.144. The molecule has 1 unspecified atom stereocenters. The molecule has 0 saturated heterocycles. The van der Waals surface area contributed by atoms with Crippen LogP contribution in [-0.2, 0) is 11.2 Å². The van der Waals surface area contributed by atoms with E-state index in [-0.39, 0.29) is 11.7 Å². The second-order valence-electron chi connectivity index (χ2n) is 4.92. The molecule has 0 bridgehead atoms. The molecule has 0 aliphatic carbocycles. The number of phenolic OH excluding ortho intramolecular Hbond substituents is 1. The molecular weight excluding hydrogens is 230 g/mol. The van der Waals surface area contributed by atoms with Gasteiger partial charge >= 0.3 is 5.97 Å². The first kappa shape index (κ1) is 14.5. The highest BCUT2D eigenvalue weighted by atomic mass is 16.4. The molecule has 100 valence electrons. The van der Waals surface area contributed by atoms with Gasteiger partial charge in [0, 0.05) is 6.54 Å². The number of carboxylic acid groups (broad SMARTS) is 1. The number of nitrogens with zero attached hydrogens (tertiary/aromatic N) is 1. The highest BCUT2D eigenvalue weighted by Crippen LogP contribution is 2.13. The number of phenols is 1. The van der Waals surface area contributed by atoms with Crippen molar-refractivity contribution in [2.45, 2.75) is 26.3 Å². The molecule has 1 aromatic rings. The number of rotatable bonds is 6. The van der Waals surface area contributed by atoms with Gasteiger partial charge in [-0.1, -0.05) is 26.0 Å². The van der Waals surface area contributed by atoms with Crippen molar-refractivity contribution < 1.29 is 15.0 Å². The Morgan fingerprint density at radius 3 is 2.28 bits per heavy atom. The summed E-state index contributed by atoms with van der Waals surface area (Å²) in [5.74, 6) is -0.455. The topological polar surface area (TPSA) is 60.8 Å². The van der Waals surface area contributed by atoms with Crippen LogP contribution in [0, 0.1) is 5.92 Å². The summed E-state index contributed by atoms with van der Waals surface area (Å²) in [5.41, 5.74) is 1.09. The van der Waals surface area contributed by atoms with Gasteiger partial charge in [0.2, 0.25) is 0 Å². The van der Waals surface area contributed by atoms with E-state index in [4.69, 9.17) is 0 Å². The van der Waals surface area contributed by atoms with Crippen LogP contribution in [0.15, 0.2) is 24.3 Å². The summed E-state index contributed by atoms with van der Waals surface area (Å²) in [7, 11) is 1.83. The number of benzene rings is 1. The van der Waals surface area contributed by atoms with Crippen molar-refractivity contribution in [1.82, 2.24) is 4.90 Å². The fraction of sp³-hybridized carbons (Fsp3) is 0.500. The molecule has 0 heterocycles. The lowest BCUT2D eigenvalue weighted by Gasteiger charge is -2.27. The average Bonchev–Trinajstić information content (AvgIpc) is 2.27. The minimum atomic E-state index is -0.779. The summed E-state index contributed by atoms with van der Waals surface area (Å²) in [6.07, 6.45) is 0.771. The molecule has 1 rings (SSSR count). The molecule has 0 fully saturated rings. The maximum absolute atomic E-state index is 11.2. The molecule has 0 aliphatic heterocycles. The van der Waals surface area contributed by atoms with Crippen molar-refractivity contribution >= 4 is 5.97 Å². The van der Waals surface area contributed by atoms with E-state index in [0.29, 0.717) is 6.54 Å². The molecule has 4 nitrogen and oxygen atoms in total.